The fourth-order valence-corrected chi connectivity index (χ4v) is 3.43. The van der Waals surface area contributed by atoms with Crippen molar-refractivity contribution >= 4 is 27.7 Å². The van der Waals surface area contributed by atoms with Crippen molar-refractivity contribution in [1.82, 2.24) is 10.2 Å². The lowest BCUT2D eigenvalue weighted by Crippen LogP contribution is -2.46. The predicted octanol–water partition coefficient (Wildman–Crippen LogP) is 2.60. The van der Waals surface area contributed by atoms with Crippen LogP contribution < -0.4 is 5.32 Å². The molecule has 0 aromatic heterocycles. The van der Waals surface area contributed by atoms with Crippen LogP contribution in [0.4, 0.5) is 0 Å². The van der Waals surface area contributed by atoms with E-state index in [9.17, 15) is 24.9 Å². The van der Waals surface area contributed by atoms with E-state index in [0.717, 1.165) is 16.6 Å². The molecule has 4 N–H and O–H groups in total. The Balaban J connectivity index is 1.58. The highest BCUT2D eigenvalue weighted by Gasteiger charge is 2.25. The van der Waals surface area contributed by atoms with Crippen molar-refractivity contribution in [3.63, 3.8) is 0 Å². The molecule has 2 aromatic carbocycles. The van der Waals surface area contributed by atoms with Crippen LogP contribution in [0.5, 0.6) is 17.2 Å². The zero-order valence-electron chi connectivity index (χ0n) is 14.4. The molecule has 0 bridgehead atoms. The van der Waals surface area contributed by atoms with Crippen molar-refractivity contribution in [2.45, 2.75) is 18.9 Å². The van der Waals surface area contributed by atoms with Gasteiger partial charge in [-0.2, -0.15) is 0 Å². The second-order valence-electron chi connectivity index (χ2n) is 6.41. The average Bonchev–Trinajstić information content (AvgIpc) is 2.65. The second-order valence-corrected chi connectivity index (χ2v) is 7.33. The molecule has 0 unspecified atom stereocenters. The van der Waals surface area contributed by atoms with Gasteiger partial charge in [-0.3, -0.25) is 9.59 Å². The van der Waals surface area contributed by atoms with Gasteiger partial charge in [0, 0.05) is 34.7 Å². The van der Waals surface area contributed by atoms with Crippen molar-refractivity contribution in [3.8, 4) is 17.2 Å². The summed E-state index contributed by atoms with van der Waals surface area (Å²) in [6, 6.07) is 9.28. The maximum absolute atomic E-state index is 12.5. The van der Waals surface area contributed by atoms with Gasteiger partial charge in [-0.05, 0) is 43.2 Å². The van der Waals surface area contributed by atoms with Gasteiger partial charge in [0.15, 0.2) is 17.2 Å². The first kappa shape index (κ1) is 19.0. The van der Waals surface area contributed by atoms with E-state index in [1.54, 1.807) is 17.0 Å². The number of nitrogens with zero attached hydrogens (tertiary/aromatic N) is 1. The van der Waals surface area contributed by atoms with E-state index < -0.39 is 23.2 Å². The Morgan fingerprint density at radius 1 is 1.00 bits per heavy atom. The summed E-state index contributed by atoms with van der Waals surface area (Å²) in [6.45, 7) is 1.03. The minimum atomic E-state index is -0.661. The molecule has 0 saturated carbocycles. The maximum atomic E-state index is 12.5. The highest BCUT2D eigenvalue weighted by atomic mass is 79.9. The molecule has 3 rings (SSSR count). The van der Waals surface area contributed by atoms with Gasteiger partial charge in [0.2, 0.25) is 0 Å². The normalized spacial score (nSPS) is 14.8. The number of halogens is 1. The van der Waals surface area contributed by atoms with Crippen LogP contribution in [0.25, 0.3) is 0 Å². The molecule has 142 valence electrons. The van der Waals surface area contributed by atoms with Gasteiger partial charge in [0.05, 0.1) is 0 Å². The molecule has 2 aromatic rings. The molecule has 8 heteroatoms. The molecule has 2 amide bonds. The van der Waals surface area contributed by atoms with Gasteiger partial charge in [-0.1, -0.05) is 22.0 Å². The van der Waals surface area contributed by atoms with E-state index in [-0.39, 0.29) is 17.5 Å². The lowest BCUT2D eigenvalue weighted by molar-refractivity contribution is 0.0698. The van der Waals surface area contributed by atoms with Gasteiger partial charge in [-0.15, -0.1) is 0 Å². The Kier molecular flexibility index (Phi) is 5.55. The first-order valence-electron chi connectivity index (χ1n) is 8.46. The second kappa shape index (κ2) is 7.87. The standard InChI is InChI=1S/C19H19BrN2O5/c20-13-3-1-2-11(8-13)19(27)22-6-4-14(5-7-22)21-18(26)12-9-15(23)17(25)16(24)10-12/h1-3,8-10,14,23-25H,4-7H2,(H,21,26). The number of benzene rings is 2. The Labute approximate surface area is 164 Å². The zero-order chi connectivity index (χ0) is 19.6. The van der Waals surface area contributed by atoms with Crippen molar-refractivity contribution < 1.29 is 24.9 Å². The Morgan fingerprint density at radius 2 is 1.63 bits per heavy atom. The van der Waals surface area contributed by atoms with Gasteiger partial charge in [0.25, 0.3) is 11.8 Å². The van der Waals surface area contributed by atoms with E-state index in [1.165, 1.54) is 0 Å². The van der Waals surface area contributed by atoms with Crippen molar-refractivity contribution in [2.75, 3.05) is 13.1 Å². The fraction of sp³-hybridized carbons (Fsp3) is 0.263. The Morgan fingerprint density at radius 3 is 2.22 bits per heavy atom. The van der Waals surface area contributed by atoms with Crippen LogP contribution in [0.1, 0.15) is 33.6 Å². The third kappa shape index (κ3) is 4.33. The number of carbonyl (C=O) groups excluding carboxylic acids is 2. The maximum Gasteiger partial charge on any atom is 0.253 e. The number of nitrogens with one attached hydrogen (secondary N) is 1. The monoisotopic (exact) mass is 434 g/mol. The van der Waals surface area contributed by atoms with Gasteiger partial charge >= 0.3 is 0 Å². The Hall–Kier alpha value is -2.74. The van der Waals surface area contributed by atoms with Crippen molar-refractivity contribution in [3.05, 3.63) is 52.0 Å². The molecule has 1 heterocycles. The van der Waals surface area contributed by atoms with Gasteiger partial charge in [0.1, 0.15) is 0 Å². The first-order chi connectivity index (χ1) is 12.8. The van der Waals surface area contributed by atoms with E-state index in [2.05, 4.69) is 21.2 Å². The minimum absolute atomic E-state index is 0.0468. The molecular weight excluding hydrogens is 416 g/mol. The van der Waals surface area contributed by atoms with E-state index >= 15 is 0 Å². The summed E-state index contributed by atoms with van der Waals surface area (Å²) in [5.41, 5.74) is 0.664. The fourth-order valence-electron chi connectivity index (χ4n) is 3.04. The van der Waals surface area contributed by atoms with Crippen LogP contribution in [0.3, 0.4) is 0 Å². The number of carbonyl (C=O) groups is 2. The number of phenols is 3. The van der Waals surface area contributed by atoms with Crippen LogP contribution in [-0.2, 0) is 0 Å². The number of piperidine rings is 1. The third-order valence-electron chi connectivity index (χ3n) is 4.52. The molecule has 0 atom stereocenters. The summed E-state index contributed by atoms with van der Waals surface area (Å²) < 4.78 is 0.843. The minimum Gasteiger partial charge on any atom is -0.504 e. The topological polar surface area (TPSA) is 110 Å². The number of phenolic OH excluding ortho intramolecular Hbond substituents is 3. The predicted molar refractivity (Wildman–Crippen MR) is 102 cm³/mol. The number of amides is 2. The zero-order valence-corrected chi connectivity index (χ0v) is 15.9. The largest absolute Gasteiger partial charge is 0.504 e. The third-order valence-corrected chi connectivity index (χ3v) is 5.01. The quantitative estimate of drug-likeness (QED) is 0.555. The number of likely N-dealkylation sites (tertiary alicyclic amines) is 1. The van der Waals surface area contributed by atoms with Crippen molar-refractivity contribution in [2.24, 2.45) is 0 Å². The summed E-state index contributed by atoms with van der Waals surface area (Å²) in [6.07, 6.45) is 1.20. The number of hydrogen-bond acceptors (Lipinski definition) is 5. The number of aromatic hydroxyl groups is 3. The molecular formula is C19H19BrN2O5. The molecule has 0 radical (unpaired) electrons. The van der Waals surface area contributed by atoms with Gasteiger partial charge < -0.3 is 25.5 Å². The molecule has 27 heavy (non-hydrogen) atoms. The lowest BCUT2D eigenvalue weighted by atomic mass is 10.0. The first-order valence-corrected chi connectivity index (χ1v) is 9.25. The smallest absolute Gasteiger partial charge is 0.253 e. The molecule has 1 saturated heterocycles. The highest BCUT2D eigenvalue weighted by Crippen LogP contribution is 2.35. The molecule has 0 aliphatic carbocycles. The van der Waals surface area contributed by atoms with Crippen LogP contribution in [0.2, 0.25) is 0 Å². The molecule has 7 nitrogen and oxygen atoms in total. The summed E-state index contributed by atoms with van der Waals surface area (Å²) >= 11 is 3.36. The van der Waals surface area contributed by atoms with Crippen LogP contribution in [-0.4, -0.2) is 51.2 Å². The van der Waals surface area contributed by atoms with Crippen LogP contribution in [0.15, 0.2) is 40.9 Å². The Bertz CT molecular complexity index is 855. The van der Waals surface area contributed by atoms with Crippen LogP contribution >= 0.6 is 15.9 Å². The number of hydrogen-bond donors (Lipinski definition) is 4. The van der Waals surface area contributed by atoms with Crippen LogP contribution in [0, 0.1) is 0 Å². The van der Waals surface area contributed by atoms with Crippen molar-refractivity contribution in [1.29, 1.82) is 0 Å². The van der Waals surface area contributed by atoms with E-state index in [0.29, 0.717) is 31.5 Å². The summed E-state index contributed by atoms with van der Waals surface area (Å²) in [7, 11) is 0. The SMILES string of the molecule is O=C(NC1CCN(C(=O)c2cccc(Br)c2)CC1)c1cc(O)c(O)c(O)c1. The molecule has 1 aliphatic rings. The summed E-state index contributed by atoms with van der Waals surface area (Å²) in [5.74, 6) is -2.29. The van der Waals surface area contributed by atoms with E-state index in [4.69, 9.17) is 0 Å². The lowest BCUT2D eigenvalue weighted by Gasteiger charge is -2.32. The van der Waals surface area contributed by atoms with E-state index in [1.807, 2.05) is 12.1 Å². The number of rotatable bonds is 3. The molecule has 1 aliphatic heterocycles. The summed E-state index contributed by atoms with van der Waals surface area (Å²) in [4.78, 5) is 26.6. The average molecular weight is 435 g/mol. The van der Waals surface area contributed by atoms with Gasteiger partial charge in [-0.25, -0.2) is 0 Å². The summed E-state index contributed by atoms with van der Waals surface area (Å²) in [5, 5.41) is 31.2. The molecule has 0 spiro atoms. The molecule has 1 fully saturated rings. The highest BCUT2D eigenvalue weighted by molar-refractivity contribution is 9.10.